The monoisotopic (exact) mass is 384 g/mol. The van der Waals surface area contributed by atoms with Gasteiger partial charge in [0.25, 0.3) is 0 Å². The highest BCUT2D eigenvalue weighted by atomic mass is 79.9. The summed E-state index contributed by atoms with van der Waals surface area (Å²) in [6.45, 7) is 0.892. The van der Waals surface area contributed by atoms with Crippen molar-refractivity contribution >= 4 is 41.9 Å². The van der Waals surface area contributed by atoms with Gasteiger partial charge in [0.15, 0.2) is 0 Å². The van der Waals surface area contributed by atoms with Gasteiger partial charge in [0.2, 0.25) is 10.0 Å². The zero-order chi connectivity index (χ0) is 13.1. The zero-order valence-electron chi connectivity index (χ0n) is 9.36. The van der Waals surface area contributed by atoms with Gasteiger partial charge >= 0.3 is 0 Å². The van der Waals surface area contributed by atoms with Crippen LogP contribution in [-0.4, -0.2) is 32.9 Å². The van der Waals surface area contributed by atoms with E-state index in [9.17, 15) is 8.42 Å². The van der Waals surface area contributed by atoms with Crippen LogP contribution in [0.1, 0.15) is 6.42 Å². The number of nitrogens with two attached hydrogens (primary N) is 1. The van der Waals surface area contributed by atoms with Crippen LogP contribution in [0.25, 0.3) is 0 Å². The lowest BCUT2D eigenvalue weighted by Gasteiger charge is -2.17. The van der Waals surface area contributed by atoms with E-state index >= 15 is 0 Å². The minimum absolute atomic E-state index is 0.264. The summed E-state index contributed by atoms with van der Waals surface area (Å²) < 4.78 is 27.1. The maximum atomic E-state index is 12.2. The Kier molecular flexibility index (Phi) is 5.59. The van der Waals surface area contributed by atoms with Gasteiger partial charge < -0.3 is 5.73 Å². The maximum Gasteiger partial charge on any atom is 0.243 e. The minimum Gasteiger partial charge on any atom is -0.330 e. The van der Waals surface area contributed by atoms with Gasteiger partial charge in [-0.15, -0.1) is 0 Å². The Morgan fingerprint density at radius 1 is 1.35 bits per heavy atom. The quantitative estimate of drug-likeness (QED) is 0.844. The molecule has 1 aromatic rings. The van der Waals surface area contributed by atoms with Crippen molar-refractivity contribution in [1.29, 1.82) is 0 Å². The first kappa shape index (κ1) is 15.1. The summed E-state index contributed by atoms with van der Waals surface area (Å²) in [5, 5.41) is 0. The first-order valence-electron chi connectivity index (χ1n) is 5.01. The SMILES string of the molecule is CN(CCCN)S(=O)(=O)c1ccc(Br)cc1Br. The van der Waals surface area contributed by atoms with Crippen LogP contribution < -0.4 is 5.73 Å². The fourth-order valence-corrected chi connectivity index (χ4v) is 4.20. The van der Waals surface area contributed by atoms with Crippen LogP contribution in [0.3, 0.4) is 0 Å². The molecule has 0 saturated carbocycles. The van der Waals surface area contributed by atoms with Crippen LogP contribution in [0.15, 0.2) is 32.0 Å². The molecule has 0 fully saturated rings. The second kappa shape index (κ2) is 6.29. The van der Waals surface area contributed by atoms with Crippen LogP contribution in [0.4, 0.5) is 0 Å². The Morgan fingerprint density at radius 3 is 2.53 bits per heavy atom. The molecule has 0 saturated heterocycles. The molecule has 1 aromatic carbocycles. The highest BCUT2D eigenvalue weighted by molar-refractivity contribution is 9.11. The summed E-state index contributed by atoms with van der Waals surface area (Å²) in [5.41, 5.74) is 5.37. The third-order valence-electron chi connectivity index (χ3n) is 2.26. The van der Waals surface area contributed by atoms with E-state index in [1.54, 1.807) is 25.2 Å². The summed E-state index contributed by atoms with van der Waals surface area (Å²) in [5.74, 6) is 0. The summed E-state index contributed by atoms with van der Waals surface area (Å²) in [6.07, 6.45) is 0.643. The number of nitrogens with zero attached hydrogens (tertiary/aromatic N) is 1. The molecular weight excluding hydrogens is 372 g/mol. The zero-order valence-corrected chi connectivity index (χ0v) is 13.3. The van der Waals surface area contributed by atoms with Gasteiger partial charge in [0.1, 0.15) is 0 Å². The van der Waals surface area contributed by atoms with Crippen LogP contribution in [0.5, 0.6) is 0 Å². The van der Waals surface area contributed by atoms with Crippen molar-refractivity contribution in [2.75, 3.05) is 20.1 Å². The lowest BCUT2D eigenvalue weighted by molar-refractivity contribution is 0.463. The number of hydrogen-bond donors (Lipinski definition) is 1. The Morgan fingerprint density at radius 2 is 2.00 bits per heavy atom. The van der Waals surface area contributed by atoms with Crippen molar-refractivity contribution in [3.63, 3.8) is 0 Å². The molecule has 0 spiro atoms. The van der Waals surface area contributed by atoms with Gasteiger partial charge in [0, 0.05) is 22.5 Å². The van der Waals surface area contributed by atoms with E-state index in [0.29, 0.717) is 24.0 Å². The molecule has 96 valence electrons. The predicted octanol–water partition coefficient (Wildman–Crippen LogP) is 2.18. The Hall–Kier alpha value is 0.0500. The molecule has 1 rings (SSSR count). The molecule has 4 nitrogen and oxygen atoms in total. The van der Waals surface area contributed by atoms with Crippen molar-refractivity contribution < 1.29 is 8.42 Å². The molecule has 0 unspecified atom stereocenters. The fraction of sp³-hybridized carbons (Fsp3) is 0.400. The molecule has 17 heavy (non-hydrogen) atoms. The first-order chi connectivity index (χ1) is 7.89. The Labute approximate surface area is 118 Å². The normalized spacial score (nSPS) is 12.1. The summed E-state index contributed by atoms with van der Waals surface area (Å²) in [4.78, 5) is 0.264. The lowest BCUT2D eigenvalue weighted by Crippen LogP contribution is -2.29. The van der Waals surface area contributed by atoms with Crippen molar-refractivity contribution in [3.05, 3.63) is 27.1 Å². The van der Waals surface area contributed by atoms with Gasteiger partial charge in [-0.1, -0.05) is 15.9 Å². The van der Waals surface area contributed by atoms with E-state index in [-0.39, 0.29) is 4.90 Å². The number of sulfonamides is 1. The minimum atomic E-state index is -3.45. The molecule has 0 aliphatic carbocycles. The van der Waals surface area contributed by atoms with E-state index in [0.717, 1.165) is 4.47 Å². The van der Waals surface area contributed by atoms with Gasteiger partial charge in [-0.05, 0) is 47.1 Å². The van der Waals surface area contributed by atoms with Gasteiger partial charge in [-0.2, -0.15) is 0 Å². The van der Waals surface area contributed by atoms with Crippen LogP contribution in [0.2, 0.25) is 0 Å². The van der Waals surface area contributed by atoms with Crippen molar-refractivity contribution in [2.45, 2.75) is 11.3 Å². The number of rotatable bonds is 5. The van der Waals surface area contributed by atoms with E-state index in [4.69, 9.17) is 5.73 Å². The van der Waals surface area contributed by atoms with E-state index in [2.05, 4.69) is 31.9 Å². The topological polar surface area (TPSA) is 63.4 Å². The third kappa shape index (κ3) is 3.75. The van der Waals surface area contributed by atoms with E-state index < -0.39 is 10.0 Å². The molecule has 2 N–H and O–H groups in total. The third-order valence-corrected chi connectivity index (χ3v) is 5.59. The van der Waals surface area contributed by atoms with Crippen LogP contribution in [-0.2, 0) is 10.0 Å². The van der Waals surface area contributed by atoms with Gasteiger partial charge in [0.05, 0.1) is 4.90 Å². The maximum absolute atomic E-state index is 12.2. The lowest BCUT2D eigenvalue weighted by atomic mass is 10.4. The van der Waals surface area contributed by atoms with E-state index in [1.807, 2.05) is 0 Å². The Balaban J connectivity index is 3.04. The van der Waals surface area contributed by atoms with Crippen molar-refractivity contribution in [2.24, 2.45) is 5.73 Å². The highest BCUT2D eigenvalue weighted by Crippen LogP contribution is 2.27. The molecule has 0 radical (unpaired) electrons. The van der Waals surface area contributed by atoms with Gasteiger partial charge in [-0.25, -0.2) is 12.7 Å². The average Bonchev–Trinajstić information content (AvgIpc) is 2.25. The molecule has 0 aliphatic rings. The predicted molar refractivity (Wildman–Crippen MR) is 75.3 cm³/mol. The smallest absolute Gasteiger partial charge is 0.243 e. The van der Waals surface area contributed by atoms with Gasteiger partial charge in [-0.3, -0.25) is 0 Å². The molecule has 0 amide bonds. The number of hydrogen-bond acceptors (Lipinski definition) is 3. The average molecular weight is 386 g/mol. The Bertz CT molecular complexity index is 491. The largest absolute Gasteiger partial charge is 0.330 e. The number of halogens is 2. The molecule has 7 heteroatoms. The molecule has 0 bridgehead atoms. The molecule has 0 heterocycles. The first-order valence-corrected chi connectivity index (χ1v) is 8.03. The molecular formula is C10H14Br2N2O2S. The molecule has 0 atom stereocenters. The summed E-state index contributed by atoms with van der Waals surface area (Å²) >= 11 is 6.55. The van der Waals surface area contributed by atoms with E-state index in [1.165, 1.54) is 4.31 Å². The second-order valence-electron chi connectivity index (χ2n) is 3.54. The van der Waals surface area contributed by atoms with Crippen LogP contribution >= 0.6 is 31.9 Å². The summed E-state index contributed by atoms with van der Waals surface area (Å²) in [6, 6.07) is 4.99. The summed E-state index contributed by atoms with van der Waals surface area (Å²) in [7, 11) is -1.89. The van der Waals surface area contributed by atoms with Crippen molar-refractivity contribution in [1.82, 2.24) is 4.31 Å². The fourth-order valence-electron chi connectivity index (χ4n) is 1.29. The molecule has 0 aliphatic heterocycles. The molecule has 0 aromatic heterocycles. The highest BCUT2D eigenvalue weighted by Gasteiger charge is 2.22. The van der Waals surface area contributed by atoms with Crippen LogP contribution in [0, 0.1) is 0 Å². The standard InChI is InChI=1S/C10H14Br2N2O2S/c1-14(6-2-5-13)17(15,16)10-4-3-8(11)7-9(10)12/h3-4,7H,2,5-6,13H2,1H3. The number of benzene rings is 1. The second-order valence-corrected chi connectivity index (χ2v) is 7.33. The van der Waals surface area contributed by atoms with Crippen molar-refractivity contribution in [3.8, 4) is 0 Å².